The fourth-order valence-electron chi connectivity index (χ4n) is 3.60. The quantitative estimate of drug-likeness (QED) is 0.220. The lowest BCUT2D eigenvalue weighted by molar-refractivity contribution is -0.136. The van der Waals surface area contributed by atoms with Gasteiger partial charge in [-0.25, -0.2) is 10.3 Å². The standard InChI is InChI=1S/C19H35N3O5/c1-2-3-4-5-6-7-8-9-10-15(13-17(23)21-27)18(24)16-14-20-11-12-22(16)19(25)26/h15-16,20,27H,2-14H2,1H3,(H,21,23)(H,25,26)/t15-,16+/m1/s1. The summed E-state index contributed by atoms with van der Waals surface area (Å²) < 4.78 is 0. The maximum Gasteiger partial charge on any atom is 0.408 e. The van der Waals surface area contributed by atoms with Gasteiger partial charge in [0.25, 0.3) is 0 Å². The molecule has 156 valence electrons. The van der Waals surface area contributed by atoms with Gasteiger partial charge >= 0.3 is 6.09 Å². The summed E-state index contributed by atoms with van der Waals surface area (Å²) in [7, 11) is 0. The van der Waals surface area contributed by atoms with Crippen LogP contribution in [0, 0.1) is 5.92 Å². The zero-order valence-corrected chi connectivity index (χ0v) is 16.4. The van der Waals surface area contributed by atoms with Crippen LogP contribution < -0.4 is 10.8 Å². The molecule has 8 nitrogen and oxygen atoms in total. The van der Waals surface area contributed by atoms with Gasteiger partial charge in [-0.05, 0) is 6.42 Å². The third-order valence-electron chi connectivity index (χ3n) is 5.18. The van der Waals surface area contributed by atoms with E-state index in [4.69, 9.17) is 5.21 Å². The second-order valence-electron chi connectivity index (χ2n) is 7.30. The second-order valence-corrected chi connectivity index (χ2v) is 7.30. The third-order valence-corrected chi connectivity index (χ3v) is 5.18. The highest BCUT2D eigenvalue weighted by molar-refractivity contribution is 5.92. The molecule has 1 saturated heterocycles. The normalized spacial score (nSPS) is 18.1. The van der Waals surface area contributed by atoms with Crippen molar-refractivity contribution < 1.29 is 24.7 Å². The minimum absolute atomic E-state index is 0.115. The van der Waals surface area contributed by atoms with Gasteiger partial charge in [-0.1, -0.05) is 58.3 Å². The van der Waals surface area contributed by atoms with Crippen LogP contribution in [-0.4, -0.2) is 58.7 Å². The molecule has 1 fully saturated rings. The van der Waals surface area contributed by atoms with Crippen LogP contribution in [0.5, 0.6) is 0 Å². The Bertz CT molecular complexity index is 472. The largest absolute Gasteiger partial charge is 0.465 e. The van der Waals surface area contributed by atoms with Crippen LogP contribution in [0.25, 0.3) is 0 Å². The number of hydrogen-bond donors (Lipinski definition) is 4. The smallest absolute Gasteiger partial charge is 0.408 e. The zero-order chi connectivity index (χ0) is 20.1. The Kier molecular flexibility index (Phi) is 11.7. The van der Waals surface area contributed by atoms with E-state index < -0.39 is 24.0 Å². The van der Waals surface area contributed by atoms with Gasteiger partial charge in [0, 0.05) is 32.0 Å². The van der Waals surface area contributed by atoms with E-state index in [1.54, 1.807) is 5.48 Å². The van der Waals surface area contributed by atoms with Crippen LogP contribution in [0.1, 0.15) is 71.1 Å². The first-order valence-electron chi connectivity index (χ1n) is 10.2. The summed E-state index contributed by atoms with van der Waals surface area (Å²) in [6, 6.07) is -0.776. The zero-order valence-electron chi connectivity index (χ0n) is 16.4. The number of piperazine rings is 1. The Morgan fingerprint density at radius 3 is 2.33 bits per heavy atom. The first kappa shape index (κ1) is 23.4. The number of hydroxylamine groups is 1. The fraction of sp³-hybridized carbons (Fsp3) is 0.842. The first-order chi connectivity index (χ1) is 13.0. The van der Waals surface area contributed by atoms with Crippen molar-refractivity contribution in [2.75, 3.05) is 19.6 Å². The van der Waals surface area contributed by atoms with Crippen molar-refractivity contribution >= 4 is 17.8 Å². The first-order valence-corrected chi connectivity index (χ1v) is 10.2. The predicted octanol–water partition coefficient (Wildman–Crippen LogP) is 2.55. The molecule has 1 aliphatic rings. The van der Waals surface area contributed by atoms with Crippen molar-refractivity contribution in [2.45, 2.75) is 77.2 Å². The number of nitrogens with zero attached hydrogens (tertiary/aromatic N) is 1. The van der Waals surface area contributed by atoms with E-state index in [9.17, 15) is 19.5 Å². The van der Waals surface area contributed by atoms with Crippen LogP contribution >= 0.6 is 0 Å². The molecular formula is C19H35N3O5. The molecule has 0 bridgehead atoms. The number of rotatable bonds is 13. The van der Waals surface area contributed by atoms with E-state index >= 15 is 0 Å². The van der Waals surface area contributed by atoms with Gasteiger partial charge in [0.1, 0.15) is 6.04 Å². The molecule has 2 amide bonds. The average molecular weight is 386 g/mol. The van der Waals surface area contributed by atoms with Crippen molar-refractivity contribution in [1.82, 2.24) is 15.7 Å². The lowest BCUT2D eigenvalue weighted by atomic mass is 9.88. The molecule has 1 rings (SSSR count). The van der Waals surface area contributed by atoms with Crippen molar-refractivity contribution in [2.24, 2.45) is 5.92 Å². The molecule has 0 aromatic heterocycles. The van der Waals surface area contributed by atoms with Crippen molar-refractivity contribution in [3.63, 3.8) is 0 Å². The lowest BCUT2D eigenvalue weighted by Gasteiger charge is -2.34. The highest BCUT2D eigenvalue weighted by atomic mass is 16.5. The lowest BCUT2D eigenvalue weighted by Crippen LogP contribution is -2.58. The number of hydrogen-bond acceptors (Lipinski definition) is 5. The Morgan fingerprint density at radius 2 is 1.74 bits per heavy atom. The molecular weight excluding hydrogens is 350 g/mol. The van der Waals surface area contributed by atoms with E-state index in [1.165, 1.54) is 32.1 Å². The molecule has 0 aromatic rings. The summed E-state index contributed by atoms with van der Waals surface area (Å²) in [5, 5.41) is 21.2. The van der Waals surface area contributed by atoms with Crippen molar-refractivity contribution in [1.29, 1.82) is 0 Å². The maximum atomic E-state index is 12.9. The second kappa shape index (κ2) is 13.5. The summed E-state index contributed by atoms with van der Waals surface area (Å²) in [5.74, 6) is -1.43. The van der Waals surface area contributed by atoms with Gasteiger partial charge in [-0.2, -0.15) is 0 Å². The van der Waals surface area contributed by atoms with Gasteiger partial charge in [-0.3, -0.25) is 19.7 Å². The topological polar surface area (TPSA) is 119 Å². The number of carboxylic acid groups (broad SMARTS) is 1. The molecule has 0 aromatic carbocycles. The van der Waals surface area contributed by atoms with E-state index in [2.05, 4.69) is 12.2 Å². The Hall–Kier alpha value is -1.67. The Morgan fingerprint density at radius 1 is 1.11 bits per heavy atom. The summed E-state index contributed by atoms with van der Waals surface area (Å²) in [6.45, 7) is 3.21. The van der Waals surface area contributed by atoms with E-state index in [0.717, 1.165) is 24.2 Å². The van der Waals surface area contributed by atoms with E-state index in [-0.39, 0.29) is 25.3 Å². The molecule has 0 aliphatic carbocycles. The van der Waals surface area contributed by atoms with Crippen molar-refractivity contribution in [3.05, 3.63) is 0 Å². The summed E-state index contributed by atoms with van der Waals surface area (Å²) in [4.78, 5) is 37.1. The predicted molar refractivity (Wildman–Crippen MR) is 102 cm³/mol. The van der Waals surface area contributed by atoms with Gasteiger partial charge in [0.05, 0.1) is 0 Å². The highest BCUT2D eigenvalue weighted by Gasteiger charge is 2.36. The summed E-state index contributed by atoms with van der Waals surface area (Å²) in [5.41, 5.74) is 1.58. The fourth-order valence-corrected chi connectivity index (χ4v) is 3.60. The van der Waals surface area contributed by atoms with Crippen LogP contribution in [0.15, 0.2) is 0 Å². The molecule has 0 unspecified atom stereocenters. The number of nitrogens with one attached hydrogen (secondary N) is 2. The average Bonchev–Trinajstić information content (AvgIpc) is 2.68. The molecule has 8 heteroatoms. The van der Waals surface area contributed by atoms with Crippen molar-refractivity contribution in [3.8, 4) is 0 Å². The number of Topliss-reactive ketones (excluding diaryl/α,β-unsaturated/α-hetero) is 1. The highest BCUT2D eigenvalue weighted by Crippen LogP contribution is 2.21. The Labute approximate surface area is 161 Å². The number of unbranched alkanes of at least 4 members (excludes halogenated alkanes) is 7. The van der Waals surface area contributed by atoms with Crippen LogP contribution in [-0.2, 0) is 9.59 Å². The molecule has 27 heavy (non-hydrogen) atoms. The summed E-state index contributed by atoms with van der Waals surface area (Å²) in [6.07, 6.45) is 8.35. The van der Waals surface area contributed by atoms with Crippen LogP contribution in [0.3, 0.4) is 0 Å². The molecule has 1 heterocycles. The molecule has 0 saturated carbocycles. The molecule has 2 atom stereocenters. The van der Waals surface area contributed by atoms with Gasteiger partial charge in [0.2, 0.25) is 5.91 Å². The molecule has 0 radical (unpaired) electrons. The van der Waals surface area contributed by atoms with Gasteiger partial charge < -0.3 is 10.4 Å². The number of carbonyl (C=O) groups is 3. The monoisotopic (exact) mass is 385 g/mol. The number of carbonyl (C=O) groups excluding carboxylic acids is 2. The maximum absolute atomic E-state index is 12.9. The third kappa shape index (κ3) is 8.71. The van der Waals surface area contributed by atoms with Gasteiger partial charge in [-0.15, -0.1) is 0 Å². The molecule has 0 spiro atoms. The molecule has 4 N–H and O–H groups in total. The van der Waals surface area contributed by atoms with E-state index in [0.29, 0.717) is 13.0 Å². The number of ketones is 1. The minimum atomic E-state index is -1.12. The Balaban J connectivity index is 2.53. The SMILES string of the molecule is CCCCCCCCCC[C@H](CC(=O)NO)C(=O)[C@@H]1CNCCN1C(=O)O. The van der Waals surface area contributed by atoms with Gasteiger partial charge in [0.15, 0.2) is 5.78 Å². The van der Waals surface area contributed by atoms with Crippen LogP contribution in [0.4, 0.5) is 4.79 Å². The summed E-state index contributed by atoms with van der Waals surface area (Å²) >= 11 is 0. The van der Waals surface area contributed by atoms with E-state index in [1.807, 2.05) is 0 Å². The minimum Gasteiger partial charge on any atom is -0.465 e. The number of amides is 2. The molecule has 1 aliphatic heterocycles. The van der Waals surface area contributed by atoms with Crippen LogP contribution in [0.2, 0.25) is 0 Å².